The third kappa shape index (κ3) is 3.26. The molecule has 1 spiro atoms. The van der Waals surface area contributed by atoms with Gasteiger partial charge in [0.2, 0.25) is 5.91 Å². The minimum atomic E-state index is -1.07. The van der Waals surface area contributed by atoms with Gasteiger partial charge in [0, 0.05) is 25.5 Å². The van der Waals surface area contributed by atoms with Crippen LogP contribution in [0.2, 0.25) is 0 Å². The average molecular weight is 315 g/mol. The molecular formula is C17H17NO5. The number of anilines is 1. The number of nitrogens with one attached hydrogen (secondary N) is 1. The molecule has 23 heavy (non-hydrogen) atoms. The predicted octanol–water partition coefficient (Wildman–Crippen LogP) is 2.40. The first-order valence-corrected chi connectivity index (χ1v) is 7.53. The van der Waals surface area contributed by atoms with Crippen LogP contribution in [0.5, 0.6) is 0 Å². The molecule has 1 saturated heterocycles. The van der Waals surface area contributed by atoms with E-state index in [-0.39, 0.29) is 11.5 Å². The number of ether oxygens (including phenoxy) is 2. The second kappa shape index (κ2) is 5.87. The lowest BCUT2D eigenvalue weighted by atomic mass is 10.1. The highest BCUT2D eigenvalue weighted by atomic mass is 16.7. The van der Waals surface area contributed by atoms with Gasteiger partial charge in [-0.05, 0) is 36.6 Å². The molecule has 2 fully saturated rings. The fourth-order valence-electron chi connectivity index (χ4n) is 2.86. The molecule has 0 aromatic heterocycles. The highest BCUT2D eigenvalue weighted by Crippen LogP contribution is 2.38. The molecule has 6 nitrogen and oxygen atoms in total. The predicted molar refractivity (Wildman–Crippen MR) is 82.1 cm³/mol. The van der Waals surface area contributed by atoms with E-state index in [2.05, 4.69) is 5.32 Å². The Balaban J connectivity index is 1.83. The van der Waals surface area contributed by atoms with E-state index >= 15 is 0 Å². The van der Waals surface area contributed by atoms with E-state index < -0.39 is 17.7 Å². The van der Waals surface area contributed by atoms with Crippen LogP contribution in [0.3, 0.4) is 0 Å². The first kappa shape index (κ1) is 15.3. The number of carbonyl (C=O) groups excluding carboxylic acids is 3. The van der Waals surface area contributed by atoms with E-state index in [0.717, 1.165) is 12.8 Å². The Morgan fingerprint density at radius 2 is 1.83 bits per heavy atom. The van der Waals surface area contributed by atoms with Crippen LogP contribution in [-0.4, -0.2) is 23.6 Å². The maximum absolute atomic E-state index is 12.2. The molecule has 1 aliphatic carbocycles. The van der Waals surface area contributed by atoms with Gasteiger partial charge in [-0.3, -0.25) is 4.79 Å². The molecule has 1 aromatic rings. The van der Waals surface area contributed by atoms with Crippen LogP contribution in [0.25, 0.3) is 6.08 Å². The summed E-state index contributed by atoms with van der Waals surface area (Å²) in [5, 5.41) is 2.64. The third-order valence-electron chi connectivity index (χ3n) is 3.88. The van der Waals surface area contributed by atoms with Gasteiger partial charge in [-0.25, -0.2) is 9.59 Å². The first-order chi connectivity index (χ1) is 11.0. The zero-order valence-electron chi connectivity index (χ0n) is 12.8. The minimum absolute atomic E-state index is 0.137. The number of carbonyl (C=O) groups is 3. The second-order valence-electron chi connectivity index (χ2n) is 5.76. The van der Waals surface area contributed by atoms with Gasteiger partial charge in [0.25, 0.3) is 5.79 Å². The molecular weight excluding hydrogens is 298 g/mol. The zero-order valence-corrected chi connectivity index (χ0v) is 12.8. The third-order valence-corrected chi connectivity index (χ3v) is 3.88. The van der Waals surface area contributed by atoms with Crippen molar-refractivity contribution in [3.05, 3.63) is 35.4 Å². The molecule has 2 aliphatic rings. The Hall–Kier alpha value is -2.63. The van der Waals surface area contributed by atoms with E-state index in [1.165, 1.54) is 13.0 Å². The van der Waals surface area contributed by atoms with Gasteiger partial charge in [-0.1, -0.05) is 12.1 Å². The van der Waals surface area contributed by atoms with Crippen molar-refractivity contribution in [2.75, 3.05) is 5.32 Å². The lowest BCUT2D eigenvalue weighted by molar-refractivity contribution is -0.232. The van der Waals surface area contributed by atoms with Gasteiger partial charge in [0.05, 0.1) is 0 Å². The fraction of sp³-hybridized carbons (Fsp3) is 0.353. The summed E-state index contributed by atoms with van der Waals surface area (Å²) in [5.74, 6) is -2.58. The first-order valence-electron chi connectivity index (χ1n) is 7.53. The molecule has 0 unspecified atom stereocenters. The summed E-state index contributed by atoms with van der Waals surface area (Å²) in [7, 11) is 0. The Bertz CT molecular complexity index is 679. The summed E-state index contributed by atoms with van der Waals surface area (Å²) < 4.78 is 10.7. The van der Waals surface area contributed by atoms with Crippen molar-refractivity contribution in [3.63, 3.8) is 0 Å². The van der Waals surface area contributed by atoms with Crippen molar-refractivity contribution in [2.24, 2.45) is 0 Å². The Kier molecular flexibility index (Phi) is 3.90. The molecule has 1 aliphatic heterocycles. The van der Waals surface area contributed by atoms with Gasteiger partial charge < -0.3 is 14.8 Å². The SMILES string of the molecule is CC(=O)Nc1cccc(C=C2C(=O)OC3(CCCC3)OC2=O)c1. The van der Waals surface area contributed by atoms with Crippen LogP contribution in [-0.2, 0) is 23.9 Å². The van der Waals surface area contributed by atoms with E-state index in [4.69, 9.17) is 9.47 Å². The molecule has 1 heterocycles. The van der Waals surface area contributed by atoms with Crippen LogP contribution in [0.1, 0.15) is 38.2 Å². The Morgan fingerprint density at radius 3 is 2.43 bits per heavy atom. The summed E-state index contributed by atoms with van der Waals surface area (Å²) in [6, 6.07) is 6.82. The van der Waals surface area contributed by atoms with Crippen LogP contribution in [0.15, 0.2) is 29.8 Å². The zero-order chi connectivity index (χ0) is 16.4. The number of rotatable bonds is 2. The highest BCUT2D eigenvalue weighted by molar-refractivity contribution is 6.19. The second-order valence-corrected chi connectivity index (χ2v) is 5.76. The lowest BCUT2D eigenvalue weighted by Crippen LogP contribution is -2.44. The topological polar surface area (TPSA) is 81.7 Å². The monoisotopic (exact) mass is 315 g/mol. The maximum atomic E-state index is 12.2. The highest BCUT2D eigenvalue weighted by Gasteiger charge is 2.47. The molecule has 3 rings (SSSR count). The smallest absolute Gasteiger partial charge is 0.348 e. The lowest BCUT2D eigenvalue weighted by Gasteiger charge is -2.32. The molecule has 1 amide bonds. The molecule has 0 radical (unpaired) electrons. The number of amides is 1. The van der Waals surface area contributed by atoms with Gasteiger partial charge in [0.15, 0.2) is 0 Å². The van der Waals surface area contributed by atoms with Gasteiger partial charge in [-0.15, -0.1) is 0 Å². The van der Waals surface area contributed by atoms with Crippen LogP contribution in [0, 0.1) is 0 Å². The van der Waals surface area contributed by atoms with Crippen molar-refractivity contribution in [2.45, 2.75) is 38.4 Å². The maximum Gasteiger partial charge on any atom is 0.348 e. The summed E-state index contributed by atoms with van der Waals surface area (Å²) in [6.45, 7) is 1.40. The van der Waals surface area contributed by atoms with Crippen molar-refractivity contribution in [3.8, 4) is 0 Å². The minimum Gasteiger partial charge on any atom is -0.419 e. The van der Waals surface area contributed by atoms with Gasteiger partial charge >= 0.3 is 11.9 Å². The quantitative estimate of drug-likeness (QED) is 0.515. The molecule has 120 valence electrons. The van der Waals surface area contributed by atoms with Crippen LogP contribution in [0.4, 0.5) is 5.69 Å². The van der Waals surface area contributed by atoms with Crippen molar-refractivity contribution in [1.29, 1.82) is 0 Å². The molecule has 1 saturated carbocycles. The van der Waals surface area contributed by atoms with Gasteiger partial charge in [-0.2, -0.15) is 0 Å². The summed E-state index contributed by atoms with van der Waals surface area (Å²) in [5.41, 5.74) is 1.04. The molecule has 1 N–H and O–H groups in total. The van der Waals surface area contributed by atoms with Crippen LogP contribution < -0.4 is 5.32 Å². The molecule has 1 aromatic carbocycles. The van der Waals surface area contributed by atoms with E-state index in [9.17, 15) is 14.4 Å². The molecule has 6 heteroatoms. The number of hydrogen-bond acceptors (Lipinski definition) is 5. The fourth-order valence-corrected chi connectivity index (χ4v) is 2.86. The average Bonchev–Trinajstić information content (AvgIpc) is 2.90. The Labute approximate surface area is 133 Å². The van der Waals surface area contributed by atoms with Crippen molar-refractivity contribution in [1.82, 2.24) is 0 Å². The largest absolute Gasteiger partial charge is 0.419 e. The van der Waals surface area contributed by atoms with E-state index in [0.29, 0.717) is 24.1 Å². The number of benzene rings is 1. The van der Waals surface area contributed by atoms with Crippen molar-refractivity contribution >= 4 is 29.6 Å². The van der Waals surface area contributed by atoms with Gasteiger partial charge in [0.1, 0.15) is 5.57 Å². The van der Waals surface area contributed by atoms with E-state index in [1.807, 2.05) is 0 Å². The number of esters is 2. The van der Waals surface area contributed by atoms with Crippen LogP contribution >= 0.6 is 0 Å². The summed E-state index contributed by atoms with van der Waals surface area (Å²) >= 11 is 0. The summed E-state index contributed by atoms with van der Waals surface area (Å²) in [4.78, 5) is 35.4. The van der Waals surface area contributed by atoms with E-state index in [1.54, 1.807) is 24.3 Å². The summed E-state index contributed by atoms with van der Waals surface area (Å²) in [6.07, 6.45) is 4.26. The normalized spacial score (nSPS) is 19.3. The molecule has 0 bridgehead atoms. The molecule has 0 atom stereocenters. The van der Waals surface area contributed by atoms with Crippen molar-refractivity contribution < 1.29 is 23.9 Å². The standard InChI is InChI=1S/C17H17NO5/c1-11(19)18-13-6-4-5-12(9-13)10-14-15(20)22-17(23-16(14)21)7-2-3-8-17/h4-6,9-10H,2-3,7-8H2,1H3,(H,18,19). The number of hydrogen-bond donors (Lipinski definition) is 1. The Morgan fingerprint density at radius 1 is 1.17 bits per heavy atom.